The van der Waals surface area contributed by atoms with Gasteiger partial charge in [-0.1, -0.05) is 67.9 Å². The Balaban J connectivity index is 1.94. The number of thiazole rings is 1. The van der Waals surface area contributed by atoms with Crippen LogP contribution in [0.3, 0.4) is 0 Å². The van der Waals surface area contributed by atoms with E-state index in [1.165, 1.54) is 10.4 Å². The van der Waals surface area contributed by atoms with E-state index in [4.69, 9.17) is 22.3 Å². The predicted octanol–water partition coefficient (Wildman–Crippen LogP) is 5.44. The molecule has 0 radical (unpaired) electrons. The molecule has 1 aromatic heterocycles. The Kier molecular flexibility index (Phi) is 9.30. The van der Waals surface area contributed by atoms with Crippen LogP contribution in [0.1, 0.15) is 36.3 Å². The second kappa shape index (κ2) is 12.2. The monoisotopic (exact) mass is 484 g/mol. The van der Waals surface area contributed by atoms with Crippen LogP contribution in [0.2, 0.25) is 5.02 Å². The second-order valence-corrected chi connectivity index (χ2v) is 10.1. The normalized spacial score (nSPS) is 11.1. The molecule has 0 aliphatic rings. The van der Waals surface area contributed by atoms with Gasteiger partial charge < -0.3 is 16.0 Å². The van der Waals surface area contributed by atoms with Crippen molar-refractivity contribution in [3.63, 3.8) is 0 Å². The highest BCUT2D eigenvalue weighted by atomic mass is 35.5. The Morgan fingerprint density at radius 1 is 1.21 bits per heavy atom. The zero-order valence-corrected chi connectivity index (χ0v) is 21.2. The molecule has 0 unspecified atom stereocenters. The molecule has 7 heteroatoms. The summed E-state index contributed by atoms with van der Waals surface area (Å²) in [6.45, 7) is 8.63. The van der Waals surface area contributed by atoms with E-state index in [1.54, 1.807) is 11.3 Å². The van der Waals surface area contributed by atoms with Crippen molar-refractivity contribution in [2.75, 3.05) is 24.5 Å². The van der Waals surface area contributed by atoms with Crippen LogP contribution in [0, 0.1) is 12.8 Å². The third kappa shape index (κ3) is 7.29. The van der Waals surface area contributed by atoms with Gasteiger partial charge in [0.05, 0.1) is 5.69 Å². The molecule has 0 saturated carbocycles. The fraction of sp³-hybridized carbons (Fsp3) is 0.385. The van der Waals surface area contributed by atoms with Crippen molar-refractivity contribution in [2.45, 2.75) is 40.2 Å². The van der Waals surface area contributed by atoms with Crippen LogP contribution >= 0.6 is 22.9 Å². The van der Waals surface area contributed by atoms with Crippen molar-refractivity contribution in [3.05, 3.63) is 69.6 Å². The standard InChI is InChI=1S/C26H33ClN4OS/c1-18(2)15-23-25(21-10-9-19(3)22(27)16-21)30-26(33-23)31(14-11-24(32)29-13-12-28)17-20-7-5-4-6-8-20/h4-10,16,18H,11-15,17,28H2,1-3H3,(H,29,32). The zero-order valence-electron chi connectivity index (χ0n) is 19.6. The molecule has 176 valence electrons. The first-order valence-electron chi connectivity index (χ1n) is 11.4. The van der Waals surface area contributed by atoms with E-state index in [-0.39, 0.29) is 5.91 Å². The minimum atomic E-state index is 0.00279. The number of nitrogens with two attached hydrogens (primary N) is 1. The molecule has 3 rings (SSSR count). The summed E-state index contributed by atoms with van der Waals surface area (Å²) in [5, 5.41) is 4.53. The number of carbonyl (C=O) groups excluding carboxylic acids is 1. The smallest absolute Gasteiger partial charge is 0.221 e. The molecule has 0 spiro atoms. The van der Waals surface area contributed by atoms with E-state index in [9.17, 15) is 4.79 Å². The number of carbonyl (C=O) groups is 1. The average Bonchev–Trinajstić information content (AvgIpc) is 3.20. The van der Waals surface area contributed by atoms with Crippen molar-refractivity contribution < 1.29 is 4.79 Å². The third-order valence-electron chi connectivity index (χ3n) is 5.29. The lowest BCUT2D eigenvalue weighted by molar-refractivity contribution is -0.120. The van der Waals surface area contributed by atoms with Crippen molar-refractivity contribution in [2.24, 2.45) is 11.7 Å². The number of benzene rings is 2. The van der Waals surface area contributed by atoms with E-state index in [0.717, 1.165) is 33.4 Å². The van der Waals surface area contributed by atoms with Crippen LogP contribution in [-0.2, 0) is 17.8 Å². The van der Waals surface area contributed by atoms with Gasteiger partial charge in [-0.05, 0) is 36.5 Å². The largest absolute Gasteiger partial charge is 0.355 e. The predicted molar refractivity (Wildman–Crippen MR) is 140 cm³/mol. The van der Waals surface area contributed by atoms with Gasteiger partial charge in [0.1, 0.15) is 0 Å². The summed E-state index contributed by atoms with van der Waals surface area (Å²) in [5.41, 5.74) is 9.76. The quantitative estimate of drug-likeness (QED) is 0.380. The summed E-state index contributed by atoms with van der Waals surface area (Å²) in [5.74, 6) is 0.505. The molecule has 0 bridgehead atoms. The van der Waals surface area contributed by atoms with Crippen LogP contribution in [0.4, 0.5) is 5.13 Å². The van der Waals surface area contributed by atoms with Gasteiger partial charge in [-0.15, -0.1) is 11.3 Å². The van der Waals surface area contributed by atoms with Gasteiger partial charge in [-0.25, -0.2) is 4.98 Å². The van der Waals surface area contributed by atoms with Gasteiger partial charge in [0.15, 0.2) is 5.13 Å². The van der Waals surface area contributed by atoms with E-state index in [1.807, 2.05) is 37.3 Å². The molecule has 0 saturated heterocycles. The highest BCUT2D eigenvalue weighted by molar-refractivity contribution is 7.16. The van der Waals surface area contributed by atoms with Crippen LogP contribution in [0.5, 0.6) is 0 Å². The lowest BCUT2D eigenvalue weighted by atomic mass is 10.0. The van der Waals surface area contributed by atoms with Gasteiger partial charge in [0, 0.05) is 48.1 Å². The molecule has 2 aromatic carbocycles. The number of halogens is 1. The fourth-order valence-electron chi connectivity index (χ4n) is 3.53. The molecule has 0 fully saturated rings. The number of rotatable bonds is 11. The van der Waals surface area contributed by atoms with Gasteiger partial charge in [0.2, 0.25) is 5.91 Å². The summed E-state index contributed by atoms with van der Waals surface area (Å²) >= 11 is 8.15. The Morgan fingerprint density at radius 3 is 2.64 bits per heavy atom. The molecule has 0 atom stereocenters. The molecule has 1 amide bonds. The molecule has 5 nitrogen and oxygen atoms in total. The summed E-state index contributed by atoms with van der Waals surface area (Å²) in [6.07, 6.45) is 1.33. The van der Waals surface area contributed by atoms with Crippen LogP contribution < -0.4 is 16.0 Å². The SMILES string of the molecule is Cc1ccc(-c2nc(N(CCC(=O)NCCN)Cc3ccccc3)sc2CC(C)C)cc1Cl. The maximum Gasteiger partial charge on any atom is 0.221 e. The number of amides is 1. The van der Waals surface area contributed by atoms with Crippen molar-refractivity contribution in [1.82, 2.24) is 10.3 Å². The highest BCUT2D eigenvalue weighted by Gasteiger charge is 2.20. The van der Waals surface area contributed by atoms with Crippen LogP contribution in [0.25, 0.3) is 11.3 Å². The number of anilines is 1. The van der Waals surface area contributed by atoms with Crippen LogP contribution in [-0.4, -0.2) is 30.5 Å². The topological polar surface area (TPSA) is 71.2 Å². The van der Waals surface area contributed by atoms with Gasteiger partial charge >= 0.3 is 0 Å². The molecule has 3 N–H and O–H groups in total. The molecule has 0 aliphatic carbocycles. The van der Waals surface area contributed by atoms with Crippen molar-refractivity contribution in [1.29, 1.82) is 0 Å². The molecule has 33 heavy (non-hydrogen) atoms. The van der Waals surface area contributed by atoms with E-state index in [0.29, 0.717) is 38.5 Å². The Bertz CT molecular complexity index is 1050. The molecule has 0 aliphatic heterocycles. The minimum Gasteiger partial charge on any atom is -0.355 e. The number of nitrogens with zero attached hydrogens (tertiary/aromatic N) is 2. The number of aryl methyl sites for hydroxylation is 1. The van der Waals surface area contributed by atoms with Crippen molar-refractivity contribution in [3.8, 4) is 11.3 Å². The van der Waals surface area contributed by atoms with E-state index < -0.39 is 0 Å². The first kappa shape index (κ1) is 25.2. The maximum atomic E-state index is 12.3. The Labute approximate surface area is 206 Å². The summed E-state index contributed by atoms with van der Waals surface area (Å²) in [6, 6.07) is 16.4. The van der Waals surface area contributed by atoms with Crippen molar-refractivity contribution >= 4 is 34.0 Å². The zero-order chi connectivity index (χ0) is 23.8. The highest BCUT2D eigenvalue weighted by Crippen LogP contribution is 2.36. The molecular weight excluding hydrogens is 452 g/mol. The van der Waals surface area contributed by atoms with Crippen LogP contribution in [0.15, 0.2) is 48.5 Å². The molecular formula is C26H33ClN4OS. The maximum absolute atomic E-state index is 12.3. The fourth-order valence-corrected chi connectivity index (χ4v) is 5.03. The number of hydrogen-bond donors (Lipinski definition) is 2. The summed E-state index contributed by atoms with van der Waals surface area (Å²) in [4.78, 5) is 20.8. The number of nitrogens with one attached hydrogen (secondary N) is 1. The van der Waals surface area contributed by atoms with E-state index in [2.05, 4.69) is 42.3 Å². The third-order valence-corrected chi connectivity index (χ3v) is 6.83. The second-order valence-electron chi connectivity index (χ2n) is 8.63. The number of aromatic nitrogens is 1. The lowest BCUT2D eigenvalue weighted by Crippen LogP contribution is -2.33. The Hall–Kier alpha value is -2.41. The van der Waals surface area contributed by atoms with Gasteiger partial charge in [-0.3, -0.25) is 4.79 Å². The molecule has 3 aromatic rings. The first-order chi connectivity index (χ1) is 15.9. The van der Waals surface area contributed by atoms with Gasteiger partial charge in [0.25, 0.3) is 0 Å². The van der Waals surface area contributed by atoms with E-state index >= 15 is 0 Å². The molecule has 1 heterocycles. The number of hydrogen-bond acceptors (Lipinski definition) is 5. The Morgan fingerprint density at radius 2 is 1.97 bits per heavy atom. The average molecular weight is 485 g/mol. The minimum absolute atomic E-state index is 0.00279. The summed E-state index contributed by atoms with van der Waals surface area (Å²) < 4.78 is 0. The lowest BCUT2D eigenvalue weighted by Gasteiger charge is -2.22. The summed E-state index contributed by atoms with van der Waals surface area (Å²) in [7, 11) is 0. The van der Waals surface area contributed by atoms with Gasteiger partial charge in [-0.2, -0.15) is 0 Å². The first-order valence-corrected chi connectivity index (χ1v) is 12.6.